The molecule has 0 aliphatic carbocycles. The van der Waals surface area contributed by atoms with E-state index in [2.05, 4.69) is 10.5 Å². The monoisotopic (exact) mass is 412 g/mol. The molecule has 0 aromatic carbocycles. The second kappa shape index (κ2) is 8.38. The zero-order chi connectivity index (χ0) is 21.2. The van der Waals surface area contributed by atoms with Crippen molar-refractivity contribution < 1.29 is 22.9 Å². The Bertz CT molecular complexity index is 734. The molecular formula is C20H30F2N4O3. The summed E-state index contributed by atoms with van der Waals surface area (Å²) in [5.74, 6) is -2.14. The topological polar surface area (TPSA) is 78.7 Å². The molecule has 2 aliphatic heterocycles. The predicted molar refractivity (Wildman–Crippen MR) is 104 cm³/mol. The number of carbonyl (C=O) groups is 2. The van der Waals surface area contributed by atoms with Crippen molar-refractivity contribution in [3.8, 4) is 0 Å². The van der Waals surface area contributed by atoms with Gasteiger partial charge in [-0.1, -0.05) is 25.9 Å². The summed E-state index contributed by atoms with van der Waals surface area (Å²) in [5, 5.41) is 6.66. The van der Waals surface area contributed by atoms with E-state index < -0.39 is 12.0 Å². The summed E-state index contributed by atoms with van der Waals surface area (Å²) >= 11 is 0. The van der Waals surface area contributed by atoms with Crippen molar-refractivity contribution in [1.82, 2.24) is 15.0 Å². The first-order valence-electron chi connectivity index (χ1n) is 10.2. The lowest BCUT2D eigenvalue weighted by atomic mass is 9.93. The van der Waals surface area contributed by atoms with Crippen molar-refractivity contribution in [2.75, 3.05) is 31.5 Å². The van der Waals surface area contributed by atoms with Crippen LogP contribution in [0, 0.1) is 0 Å². The zero-order valence-corrected chi connectivity index (χ0v) is 17.3. The third-order valence-electron chi connectivity index (χ3n) is 5.57. The molecule has 1 unspecified atom stereocenters. The Morgan fingerprint density at radius 2 is 1.93 bits per heavy atom. The van der Waals surface area contributed by atoms with Crippen LogP contribution in [0.2, 0.25) is 0 Å². The van der Waals surface area contributed by atoms with Gasteiger partial charge in [-0.25, -0.2) is 8.78 Å². The molecule has 3 heterocycles. The van der Waals surface area contributed by atoms with E-state index in [1.54, 1.807) is 15.9 Å². The van der Waals surface area contributed by atoms with E-state index in [1.807, 2.05) is 20.8 Å². The first-order valence-corrected chi connectivity index (χ1v) is 10.2. The average Bonchev–Trinajstić information content (AvgIpc) is 3.12. The van der Waals surface area contributed by atoms with Gasteiger partial charge in [0.25, 0.3) is 5.92 Å². The molecule has 162 valence electrons. The molecule has 0 saturated carbocycles. The minimum absolute atomic E-state index is 0.0675. The zero-order valence-electron chi connectivity index (χ0n) is 17.3. The maximum absolute atomic E-state index is 13.3. The van der Waals surface area contributed by atoms with Gasteiger partial charge < -0.3 is 14.7 Å². The van der Waals surface area contributed by atoms with Gasteiger partial charge in [0.15, 0.2) is 5.82 Å². The molecule has 1 aromatic heterocycles. The summed E-state index contributed by atoms with van der Waals surface area (Å²) in [6.45, 7) is 6.90. The van der Waals surface area contributed by atoms with Crippen LogP contribution in [0.1, 0.15) is 58.6 Å². The minimum Gasteiger partial charge on any atom is -0.359 e. The van der Waals surface area contributed by atoms with Crippen LogP contribution in [0.25, 0.3) is 0 Å². The Morgan fingerprint density at radius 1 is 1.24 bits per heavy atom. The largest absolute Gasteiger partial charge is 0.359 e. The van der Waals surface area contributed by atoms with Crippen molar-refractivity contribution in [2.45, 2.75) is 70.3 Å². The summed E-state index contributed by atoms with van der Waals surface area (Å²) in [5.41, 5.74) is -0.228. The summed E-state index contributed by atoms with van der Waals surface area (Å²) in [6, 6.07) is 1.11. The van der Waals surface area contributed by atoms with Gasteiger partial charge in [0.1, 0.15) is 11.8 Å². The van der Waals surface area contributed by atoms with Crippen LogP contribution in [-0.2, 0) is 15.0 Å². The number of hydrogen-bond acceptors (Lipinski definition) is 5. The molecule has 1 N–H and O–H groups in total. The van der Waals surface area contributed by atoms with Crippen LogP contribution in [0.15, 0.2) is 10.6 Å². The predicted octanol–water partition coefficient (Wildman–Crippen LogP) is 3.02. The molecule has 2 aliphatic rings. The number of anilines is 1. The van der Waals surface area contributed by atoms with Gasteiger partial charge in [0.2, 0.25) is 11.8 Å². The van der Waals surface area contributed by atoms with Crippen molar-refractivity contribution in [1.29, 1.82) is 0 Å². The van der Waals surface area contributed by atoms with Crippen LogP contribution < -0.4 is 5.32 Å². The van der Waals surface area contributed by atoms with E-state index in [-0.39, 0.29) is 49.7 Å². The van der Waals surface area contributed by atoms with Crippen molar-refractivity contribution >= 4 is 17.6 Å². The molecule has 2 amide bonds. The lowest BCUT2D eigenvalue weighted by Crippen LogP contribution is -2.53. The maximum atomic E-state index is 13.3. The summed E-state index contributed by atoms with van der Waals surface area (Å²) in [6.07, 6.45) is 1.79. The van der Waals surface area contributed by atoms with E-state index in [0.29, 0.717) is 24.5 Å². The maximum Gasteiger partial charge on any atom is 0.250 e. The summed E-state index contributed by atoms with van der Waals surface area (Å²) < 4.78 is 32.0. The Balaban J connectivity index is 1.60. The SMILES string of the molecule is CC(C)(C)c1cc(NC(=O)C2CCCCN2C(=O)CN2CCC(F)(F)CC2)no1. The van der Waals surface area contributed by atoms with Crippen LogP contribution in [0.4, 0.5) is 14.6 Å². The number of piperidine rings is 2. The van der Waals surface area contributed by atoms with Crippen molar-refractivity contribution in [2.24, 2.45) is 0 Å². The molecule has 9 heteroatoms. The molecule has 2 saturated heterocycles. The quantitative estimate of drug-likeness (QED) is 0.823. The Labute approximate surface area is 169 Å². The molecule has 7 nitrogen and oxygen atoms in total. The molecule has 0 bridgehead atoms. The molecule has 3 rings (SSSR count). The molecule has 2 fully saturated rings. The van der Waals surface area contributed by atoms with Gasteiger partial charge >= 0.3 is 0 Å². The van der Waals surface area contributed by atoms with Crippen LogP contribution in [0.5, 0.6) is 0 Å². The molecule has 1 atom stereocenters. The third kappa shape index (κ3) is 5.52. The number of aromatic nitrogens is 1. The first-order chi connectivity index (χ1) is 13.5. The highest BCUT2D eigenvalue weighted by Crippen LogP contribution is 2.28. The van der Waals surface area contributed by atoms with E-state index in [0.717, 1.165) is 12.8 Å². The second-order valence-corrected chi connectivity index (χ2v) is 9.05. The third-order valence-corrected chi connectivity index (χ3v) is 5.57. The van der Waals surface area contributed by atoms with Gasteiger partial charge in [0, 0.05) is 44.0 Å². The van der Waals surface area contributed by atoms with Crippen molar-refractivity contribution in [3.63, 3.8) is 0 Å². The molecule has 0 spiro atoms. The fourth-order valence-electron chi connectivity index (χ4n) is 3.72. The fourth-order valence-corrected chi connectivity index (χ4v) is 3.72. The Morgan fingerprint density at radius 3 is 2.55 bits per heavy atom. The van der Waals surface area contributed by atoms with Gasteiger partial charge in [-0.3, -0.25) is 14.5 Å². The van der Waals surface area contributed by atoms with Crippen molar-refractivity contribution in [3.05, 3.63) is 11.8 Å². The summed E-state index contributed by atoms with van der Waals surface area (Å²) in [4.78, 5) is 29.0. The van der Waals surface area contributed by atoms with Gasteiger partial charge in [-0.15, -0.1) is 0 Å². The van der Waals surface area contributed by atoms with E-state index in [9.17, 15) is 18.4 Å². The number of nitrogens with one attached hydrogen (secondary N) is 1. The number of likely N-dealkylation sites (tertiary alicyclic amines) is 2. The molecule has 0 radical (unpaired) electrons. The highest BCUT2D eigenvalue weighted by atomic mass is 19.3. The first kappa shape index (κ1) is 21.7. The number of nitrogens with zero attached hydrogens (tertiary/aromatic N) is 3. The Kier molecular flexibility index (Phi) is 6.26. The smallest absolute Gasteiger partial charge is 0.250 e. The van der Waals surface area contributed by atoms with Gasteiger partial charge in [0.05, 0.1) is 6.54 Å². The van der Waals surface area contributed by atoms with E-state index in [4.69, 9.17) is 4.52 Å². The molecule has 1 aromatic rings. The number of hydrogen-bond donors (Lipinski definition) is 1. The number of carbonyl (C=O) groups excluding carboxylic acids is 2. The fraction of sp³-hybridized carbons (Fsp3) is 0.750. The van der Waals surface area contributed by atoms with Gasteiger partial charge in [-0.2, -0.15) is 0 Å². The number of amides is 2. The standard InChI is InChI=1S/C20H30F2N4O3/c1-19(2,3)15-12-16(24-29-15)23-18(28)14-6-4-5-9-26(14)17(27)13-25-10-7-20(21,22)8-11-25/h12,14H,4-11,13H2,1-3H3,(H,23,24,28). The average molecular weight is 412 g/mol. The van der Waals surface area contributed by atoms with Crippen LogP contribution >= 0.6 is 0 Å². The highest BCUT2D eigenvalue weighted by molar-refractivity contribution is 5.96. The number of alkyl halides is 2. The minimum atomic E-state index is -2.64. The van der Waals surface area contributed by atoms with E-state index in [1.165, 1.54) is 0 Å². The second-order valence-electron chi connectivity index (χ2n) is 9.05. The lowest BCUT2D eigenvalue weighted by molar-refractivity contribution is -0.142. The Hall–Kier alpha value is -2.03. The van der Waals surface area contributed by atoms with Crippen LogP contribution in [-0.4, -0.2) is 64.9 Å². The summed E-state index contributed by atoms with van der Waals surface area (Å²) in [7, 11) is 0. The van der Waals surface area contributed by atoms with E-state index >= 15 is 0 Å². The van der Waals surface area contributed by atoms with Gasteiger partial charge in [-0.05, 0) is 19.3 Å². The highest BCUT2D eigenvalue weighted by Gasteiger charge is 2.37. The molecule has 29 heavy (non-hydrogen) atoms. The molecular weight excluding hydrogens is 382 g/mol. The number of rotatable bonds is 4. The normalized spacial score (nSPS) is 23.1. The lowest BCUT2D eigenvalue weighted by Gasteiger charge is -2.37. The van der Waals surface area contributed by atoms with Crippen LogP contribution in [0.3, 0.4) is 0 Å². The number of halogens is 2.